The molecule has 0 fully saturated rings. The van der Waals surface area contributed by atoms with Crippen LogP contribution in [0.1, 0.15) is 38.0 Å². The zero-order valence-corrected chi connectivity index (χ0v) is 11.7. The number of Topliss-reactive ketones (excluding diaryl/α,β-unsaturated/α-hetero) is 1. The molecule has 0 bridgehead atoms. The van der Waals surface area contributed by atoms with Crippen LogP contribution >= 0.6 is 0 Å². The first-order chi connectivity index (χ1) is 10.4. The lowest BCUT2D eigenvalue weighted by molar-refractivity contribution is 0.0686. The molecule has 0 amide bonds. The van der Waals surface area contributed by atoms with E-state index < -0.39 is 11.9 Å². The van der Waals surface area contributed by atoms with Crippen molar-refractivity contribution >= 4 is 29.1 Å². The van der Waals surface area contributed by atoms with Gasteiger partial charge in [0.15, 0.2) is 5.78 Å². The Hall–Kier alpha value is -3.15. The van der Waals surface area contributed by atoms with Crippen LogP contribution in [0.3, 0.4) is 0 Å². The first kappa shape index (κ1) is 15.2. The van der Waals surface area contributed by atoms with Crippen molar-refractivity contribution in [3.8, 4) is 0 Å². The highest BCUT2D eigenvalue weighted by molar-refractivity contribution is 6.01. The second-order valence-corrected chi connectivity index (χ2v) is 4.63. The van der Waals surface area contributed by atoms with Gasteiger partial charge in [-0.25, -0.2) is 9.59 Å². The molecule has 0 spiro atoms. The van der Waals surface area contributed by atoms with Crippen molar-refractivity contribution in [3.63, 3.8) is 0 Å². The highest BCUT2D eigenvalue weighted by Gasteiger charge is 2.13. The van der Waals surface area contributed by atoms with E-state index >= 15 is 0 Å². The van der Waals surface area contributed by atoms with Crippen LogP contribution in [0, 0.1) is 0 Å². The minimum atomic E-state index is -1.16. The maximum Gasteiger partial charge on any atom is 0.337 e. The maximum absolute atomic E-state index is 11.3. The van der Waals surface area contributed by atoms with E-state index in [9.17, 15) is 19.5 Å². The second kappa shape index (κ2) is 6.09. The number of hydrogen-bond acceptors (Lipinski definition) is 4. The Balaban J connectivity index is 2.34. The van der Waals surface area contributed by atoms with Gasteiger partial charge in [0.25, 0.3) is 0 Å². The number of carboxylic acid groups (broad SMARTS) is 2. The average molecular weight is 299 g/mol. The van der Waals surface area contributed by atoms with Gasteiger partial charge in [0.1, 0.15) is 0 Å². The molecule has 3 N–H and O–H groups in total. The van der Waals surface area contributed by atoms with Gasteiger partial charge < -0.3 is 15.5 Å². The van der Waals surface area contributed by atoms with E-state index in [1.807, 2.05) is 0 Å². The van der Waals surface area contributed by atoms with Crippen LogP contribution < -0.4 is 5.32 Å². The summed E-state index contributed by atoms with van der Waals surface area (Å²) in [4.78, 5) is 33.4. The zero-order valence-electron chi connectivity index (χ0n) is 11.7. The van der Waals surface area contributed by atoms with Crippen molar-refractivity contribution in [2.24, 2.45) is 0 Å². The predicted octanol–water partition coefficient (Wildman–Crippen LogP) is 3.03. The predicted molar refractivity (Wildman–Crippen MR) is 80.1 cm³/mol. The number of hydrogen-bond donors (Lipinski definition) is 3. The Morgan fingerprint density at radius 2 is 1.45 bits per heavy atom. The minimum absolute atomic E-state index is 0.0324. The minimum Gasteiger partial charge on any atom is -0.478 e. The van der Waals surface area contributed by atoms with Crippen molar-refractivity contribution in [3.05, 3.63) is 59.2 Å². The van der Waals surface area contributed by atoms with Crippen molar-refractivity contribution in [2.45, 2.75) is 6.92 Å². The van der Waals surface area contributed by atoms with Crippen molar-refractivity contribution < 1.29 is 24.6 Å². The molecule has 0 radical (unpaired) electrons. The first-order valence-electron chi connectivity index (χ1n) is 6.37. The Morgan fingerprint density at radius 1 is 0.864 bits per heavy atom. The lowest BCUT2D eigenvalue weighted by atomic mass is 10.1. The number of anilines is 2. The smallest absolute Gasteiger partial charge is 0.337 e. The molecule has 0 unspecified atom stereocenters. The quantitative estimate of drug-likeness (QED) is 0.733. The molecule has 0 aliphatic heterocycles. The Kier molecular flexibility index (Phi) is 4.22. The summed E-state index contributed by atoms with van der Waals surface area (Å²) in [6.45, 7) is 1.36. The van der Waals surface area contributed by atoms with E-state index in [0.29, 0.717) is 16.9 Å². The third-order valence-electron chi connectivity index (χ3n) is 3.07. The van der Waals surface area contributed by atoms with Gasteiger partial charge in [0, 0.05) is 11.3 Å². The second-order valence-electron chi connectivity index (χ2n) is 4.63. The molecule has 22 heavy (non-hydrogen) atoms. The summed E-state index contributed by atoms with van der Waals surface area (Å²) >= 11 is 0. The third-order valence-corrected chi connectivity index (χ3v) is 3.07. The van der Waals surface area contributed by atoms with Gasteiger partial charge in [-0.15, -0.1) is 0 Å². The van der Waals surface area contributed by atoms with Crippen LogP contribution in [0.5, 0.6) is 0 Å². The van der Waals surface area contributed by atoms with Gasteiger partial charge in [0.2, 0.25) is 0 Å². The standard InChI is InChI=1S/C16H13NO5/c1-9(18)11-4-7-14(13(8-11)16(21)22)17-12-5-2-10(3-6-12)15(19)20/h2-8,17H,1H3,(H,19,20)(H,21,22). The molecule has 0 atom stereocenters. The summed E-state index contributed by atoms with van der Waals surface area (Å²) < 4.78 is 0. The zero-order chi connectivity index (χ0) is 16.3. The van der Waals surface area contributed by atoms with Crippen molar-refractivity contribution in [1.29, 1.82) is 0 Å². The van der Waals surface area contributed by atoms with E-state index in [-0.39, 0.29) is 16.9 Å². The van der Waals surface area contributed by atoms with Gasteiger partial charge in [-0.05, 0) is 49.4 Å². The Morgan fingerprint density at radius 3 is 1.95 bits per heavy atom. The molecule has 6 nitrogen and oxygen atoms in total. The highest BCUT2D eigenvalue weighted by Crippen LogP contribution is 2.23. The summed E-state index contributed by atoms with van der Waals surface area (Å²) in [7, 11) is 0. The molecule has 0 aromatic heterocycles. The van der Waals surface area contributed by atoms with E-state index in [1.54, 1.807) is 0 Å². The molecule has 0 saturated carbocycles. The molecule has 112 valence electrons. The molecule has 2 aromatic rings. The number of nitrogens with one attached hydrogen (secondary N) is 1. The summed E-state index contributed by atoms with van der Waals surface area (Å²) in [6, 6.07) is 10.2. The molecular weight excluding hydrogens is 286 g/mol. The molecule has 2 aromatic carbocycles. The molecule has 6 heteroatoms. The molecule has 2 rings (SSSR count). The Bertz CT molecular complexity index is 750. The van der Waals surface area contributed by atoms with Crippen LogP contribution in [0.15, 0.2) is 42.5 Å². The number of aromatic carboxylic acids is 2. The van der Waals surface area contributed by atoms with Crippen LogP contribution in [-0.2, 0) is 0 Å². The van der Waals surface area contributed by atoms with Gasteiger partial charge >= 0.3 is 11.9 Å². The monoisotopic (exact) mass is 299 g/mol. The number of ketones is 1. The summed E-state index contributed by atoms with van der Waals surface area (Å²) in [5.74, 6) is -2.42. The third kappa shape index (κ3) is 3.29. The Labute approximate surface area is 126 Å². The number of carboxylic acids is 2. The van der Waals surface area contributed by atoms with Crippen LogP contribution in [0.25, 0.3) is 0 Å². The van der Waals surface area contributed by atoms with Crippen LogP contribution in [0.2, 0.25) is 0 Å². The summed E-state index contributed by atoms with van der Waals surface area (Å²) in [6.07, 6.45) is 0. The topological polar surface area (TPSA) is 104 Å². The van der Waals surface area contributed by atoms with Gasteiger partial charge in [-0.3, -0.25) is 4.79 Å². The molecular formula is C16H13NO5. The molecule has 0 saturated heterocycles. The largest absolute Gasteiger partial charge is 0.478 e. The fourth-order valence-electron chi connectivity index (χ4n) is 1.90. The summed E-state index contributed by atoms with van der Waals surface area (Å²) in [5.41, 5.74) is 1.28. The average Bonchev–Trinajstić information content (AvgIpc) is 2.47. The molecule has 0 heterocycles. The van der Waals surface area contributed by atoms with Gasteiger partial charge in [0.05, 0.1) is 16.8 Å². The molecule has 0 aliphatic rings. The lowest BCUT2D eigenvalue weighted by Crippen LogP contribution is -2.05. The van der Waals surface area contributed by atoms with E-state index in [2.05, 4.69) is 5.32 Å². The van der Waals surface area contributed by atoms with E-state index in [0.717, 1.165) is 0 Å². The van der Waals surface area contributed by atoms with E-state index in [4.69, 9.17) is 5.11 Å². The molecule has 0 aliphatic carbocycles. The first-order valence-corrected chi connectivity index (χ1v) is 6.37. The fraction of sp³-hybridized carbons (Fsp3) is 0.0625. The van der Waals surface area contributed by atoms with E-state index in [1.165, 1.54) is 49.4 Å². The SMILES string of the molecule is CC(=O)c1ccc(Nc2ccc(C(=O)O)cc2)c(C(=O)O)c1. The maximum atomic E-state index is 11.3. The van der Waals surface area contributed by atoms with Crippen molar-refractivity contribution in [1.82, 2.24) is 0 Å². The van der Waals surface area contributed by atoms with Gasteiger partial charge in [-0.1, -0.05) is 0 Å². The number of benzene rings is 2. The van der Waals surface area contributed by atoms with Crippen LogP contribution in [-0.4, -0.2) is 27.9 Å². The van der Waals surface area contributed by atoms with Crippen molar-refractivity contribution in [2.75, 3.05) is 5.32 Å². The van der Waals surface area contributed by atoms with Gasteiger partial charge in [-0.2, -0.15) is 0 Å². The normalized spacial score (nSPS) is 10.0. The van der Waals surface area contributed by atoms with Crippen LogP contribution in [0.4, 0.5) is 11.4 Å². The number of rotatable bonds is 5. The summed E-state index contributed by atoms with van der Waals surface area (Å²) in [5, 5.41) is 21.0. The number of carbonyl (C=O) groups excluding carboxylic acids is 1. The highest BCUT2D eigenvalue weighted by atomic mass is 16.4. The fourth-order valence-corrected chi connectivity index (χ4v) is 1.90. The lowest BCUT2D eigenvalue weighted by Gasteiger charge is -2.11. The number of carbonyl (C=O) groups is 3.